The van der Waals surface area contributed by atoms with E-state index >= 15 is 0 Å². The number of nitrogens with one attached hydrogen (secondary N) is 2. The van der Waals surface area contributed by atoms with Crippen LogP contribution in [0.25, 0.3) is 0 Å². The minimum atomic E-state index is -0.0670. The quantitative estimate of drug-likeness (QED) is 0.640. The average molecular weight is 237 g/mol. The van der Waals surface area contributed by atoms with Crippen LogP contribution in [0.4, 0.5) is 0 Å². The standard InChI is InChI=1S/C13H20N2O2/c1-15(2)10-6-9-14-13(16)11-17-12-7-4-3-5-8-12/h3-5,7-8H,6,9-11H2,1-2H3,(H,14,16)/p+1. The molecule has 4 nitrogen and oxygen atoms in total. The number of quaternary nitrogens is 1. The first-order valence-electron chi connectivity index (χ1n) is 5.92. The Hall–Kier alpha value is -1.55. The van der Waals surface area contributed by atoms with E-state index in [4.69, 9.17) is 4.74 Å². The molecule has 4 heteroatoms. The van der Waals surface area contributed by atoms with Gasteiger partial charge < -0.3 is 15.0 Å². The second-order valence-corrected chi connectivity index (χ2v) is 4.26. The van der Waals surface area contributed by atoms with Gasteiger partial charge in [-0.05, 0) is 12.1 Å². The summed E-state index contributed by atoms with van der Waals surface area (Å²) < 4.78 is 5.33. The van der Waals surface area contributed by atoms with Crippen molar-refractivity contribution in [3.8, 4) is 5.75 Å². The number of rotatable bonds is 7. The molecule has 17 heavy (non-hydrogen) atoms. The zero-order chi connectivity index (χ0) is 12.5. The van der Waals surface area contributed by atoms with E-state index in [0.29, 0.717) is 6.54 Å². The summed E-state index contributed by atoms with van der Waals surface area (Å²) in [5.74, 6) is 0.656. The zero-order valence-corrected chi connectivity index (χ0v) is 10.5. The molecule has 0 aliphatic rings. The SMILES string of the molecule is C[NH+](C)CCCNC(=O)COc1ccccc1. The Morgan fingerprint density at radius 1 is 1.29 bits per heavy atom. The molecule has 0 fully saturated rings. The second-order valence-electron chi connectivity index (χ2n) is 4.26. The van der Waals surface area contributed by atoms with Gasteiger partial charge in [-0.15, -0.1) is 0 Å². The summed E-state index contributed by atoms with van der Waals surface area (Å²) in [5, 5.41) is 2.83. The average Bonchev–Trinajstić information content (AvgIpc) is 2.33. The van der Waals surface area contributed by atoms with Crippen LogP contribution in [0.15, 0.2) is 30.3 Å². The molecule has 2 N–H and O–H groups in total. The van der Waals surface area contributed by atoms with Crippen molar-refractivity contribution in [1.82, 2.24) is 5.32 Å². The van der Waals surface area contributed by atoms with Gasteiger partial charge in [0, 0.05) is 13.0 Å². The molecule has 94 valence electrons. The first kappa shape index (κ1) is 13.5. The Morgan fingerprint density at radius 3 is 2.65 bits per heavy atom. The van der Waals surface area contributed by atoms with Gasteiger partial charge in [0.05, 0.1) is 20.6 Å². The van der Waals surface area contributed by atoms with E-state index in [0.717, 1.165) is 18.7 Å². The highest BCUT2D eigenvalue weighted by molar-refractivity contribution is 5.77. The lowest BCUT2D eigenvalue weighted by Gasteiger charge is -2.09. The van der Waals surface area contributed by atoms with Crippen LogP contribution in [0.3, 0.4) is 0 Å². The van der Waals surface area contributed by atoms with E-state index in [2.05, 4.69) is 19.4 Å². The van der Waals surface area contributed by atoms with Crippen molar-refractivity contribution >= 4 is 5.91 Å². The molecular formula is C13H21N2O2+. The van der Waals surface area contributed by atoms with Crippen LogP contribution in [0, 0.1) is 0 Å². The molecule has 1 rings (SSSR count). The molecule has 0 saturated carbocycles. The summed E-state index contributed by atoms with van der Waals surface area (Å²) in [4.78, 5) is 12.8. The summed E-state index contributed by atoms with van der Waals surface area (Å²) in [7, 11) is 4.20. The molecule has 1 aromatic carbocycles. The van der Waals surface area contributed by atoms with Gasteiger partial charge in [0.2, 0.25) is 0 Å². The number of carbonyl (C=O) groups excluding carboxylic acids is 1. The maximum atomic E-state index is 11.4. The van der Waals surface area contributed by atoms with Crippen molar-refractivity contribution in [1.29, 1.82) is 0 Å². The van der Waals surface area contributed by atoms with Crippen molar-refractivity contribution in [2.75, 3.05) is 33.8 Å². The normalized spacial score (nSPS) is 10.3. The molecule has 0 unspecified atom stereocenters. The van der Waals surface area contributed by atoms with Crippen molar-refractivity contribution in [2.24, 2.45) is 0 Å². The van der Waals surface area contributed by atoms with Gasteiger partial charge in [-0.25, -0.2) is 0 Å². The fraction of sp³-hybridized carbons (Fsp3) is 0.462. The predicted octanol–water partition coefficient (Wildman–Crippen LogP) is -0.284. The van der Waals surface area contributed by atoms with Crippen LogP contribution in [0.1, 0.15) is 6.42 Å². The van der Waals surface area contributed by atoms with Gasteiger partial charge in [0.15, 0.2) is 6.61 Å². The Kier molecular flexibility index (Phi) is 6.10. The fourth-order valence-electron chi connectivity index (χ4n) is 1.39. The van der Waals surface area contributed by atoms with Gasteiger partial charge >= 0.3 is 0 Å². The number of benzene rings is 1. The fourth-order valence-corrected chi connectivity index (χ4v) is 1.39. The maximum Gasteiger partial charge on any atom is 0.257 e. The summed E-state index contributed by atoms with van der Waals surface area (Å²) in [6.07, 6.45) is 0.986. The number of ether oxygens (including phenoxy) is 1. The van der Waals surface area contributed by atoms with Crippen molar-refractivity contribution in [2.45, 2.75) is 6.42 Å². The lowest BCUT2D eigenvalue weighted by Crippen LogP contribution is -3.05. The van der Waals surface area contributed by atoms with Crippen molar-refractivity contribution in [3.63, 3.8) is 0 Å². The summed E-state index contributed by atoms with van der Waals surface area (Å²) in [6.45, 7) is 1.85. The van der Waals surface area contributed by atoms with Gasteiger partial charge in [-0.1, -0.05) is 18.2 Å². The highest BCUT2D eigenvalue weighted by Crippen LogP contribution is 2.07. The minimum absolute atomic E-state index is 0.0670. The van der Waals surface area contributed by atoms with Crippen LogP contribution in [0.2, 0.25) is 0 Å². The molecule has 0 saturated heterocycles. The van der Waals surface area contributed by atoms with E-state index in [1.807, 2.05) is 30.3 Å². The third kappa shape index (κ3) is 6.58. The maximum absolute atomic E-state index is 11.4. The molecule has 0 aliphatic carbocycles. The van der Waals surface area contributed by atoms with E-state index in [9.17, 15) is 4.79 Å². The van der Waals surface area contributed by atoms with Gasteiger partial charge in [0.1, 0.15) is 5.75 Å². The Labute approximate surface area is 103 Å². The molecule has 0 atom stereocenters. The largest absolute Gasteiger partial charge is 0.484 e. The monoisotopic (exact) mass is 237 g/mol. The number of para-hydroxylation sites is 1. The topological polar surface area (TPSA) is 42.8 Å². The molecule has 0 aromatic heterocycles. The zero-order valence-electron chi connectivity index (χ0n) is 10.5. The highest BCUT2D eigenvalue weighted by Gasteiger charge is 2.02. The van der Waals surface area contributed by atoms with Crippen molar-refractivity contribution < 1.29 is 14.4 Å². The van der Waals surface area contributed by atoms with E-state index in [1.165, 1.54) is 4.90 Å². The van der Waals surface area contributed by atoms with Crippen LogP contribution < -0.4 is 15.0 Å². The third-order valence-electron chi connectivity index (χ3n) is 2.29. The first-order chi connectivity index (χ1) is 8.18. The highest BCUT2D eigenvalue weighted by atomic mass is 16.5. The smallest absolute Gasteiger partial charge is 0.257 e. The number of amides is 1. The lowest BCUT2D eigenvalue weighted by molar-refractivity contribution is -0.858. The third-order valence-corrected chi connectivity index (χ3v) is 2.29. The Bertz CT molecular complexity index is 325. The van der Waals surface area contributed by atoms with Crippen LogP contribution in [0.5, 0.6) is 5.75 Å². The summed E-state index contributed by atoms with van der Waals surface area (Å²) in [5.41, 5.74) is 0. The molecule has 0 radical (unpaired) electrons. The number of hydrogen-bond acceptors (Lipinski definition) is 2. The molecule has 0 heterocycles. The number of carbonyl (C=O) groups is 1. The molecule has 1 aromatic rings. The molecule has 0 aliphatic heterocycles. The van der Waals surface area contributed by atoms with Crippen LogP contribution >= 0.6 is 0 Å². The Balaban J connectivity index is 2.09. The number of hydrogen-bond donors (Lipinski definition) is 2. The Morgan fingerprint density at radius 2 is 2.00 bits per heavy atom. The van der Waals surface area contributed by atoms with E-state index in [1.54, 1.807) is 0 Å². The molecule has 1 amide bonds. The van der Waals surface area contributed by atoms with Gasteiger partial charge in [0.25, 0.3) is 5.91 Å². The van der Waals surface area contributed by atoms with E-state index < -0.39 is 0 Å². The molecular weight excluding hydrogens is 216 g/mol. The predicted molar refractivity (Wildman–Crippen MR) is 67.2 cm³/mol. The molecule has 0 bridgehead atoms. The van der Waals surface area contributed by atoms with Crippen LogP contribution in [-0.2, 0) is 4.79 Å². The summed E-state index contributed by atoms with van der Waals surface area (Å²) >= 11 is 0. The van der Waals surface area contributed by atoms with E-state index in [-0.39, 0.29) is 12.5 Å². The molecule has 0 spiro atoms. The summed E-state index contributed by atoms with van der Waals surface area (Å²) in [6, 6.07) is 9.35. The van der Waals surface area contributed by atoms with Crippen molar-refractivity contribution in [3.05, 3.63) is 30.3 Å². The van der Waals surface area contributed by atoms with Gasteiger partial charge in [-0.2, -0.15) is 0 Å². The minimum Gasteiger partial charge on any atom is -0.484 e. The first-order valence-corrected chi connectivity index (χ1v) is 5.92. The van der Waals surface area contributed by atoms with Gasteiger partial charge in [-0.3, -0.25) is 4.79 Å². The second kappa shape index (κ2) is 7.68. The lowest BCUT2D eigenvalue weighted by atomic mass is 10.3. The van der Waals surface area contributed by atoms with Crippen LogP contribution in [-0.4, -0.2) is 39.7 Å².